The van der Waals surface area contributed by atoms with Crippen molar-refractivity contribution in [3.63, 3.8) is 0 Å². The molecule has 2 heterocycles. The quantitative estimate of drug-likeness (QED) is 0.834. The topological polar surface area (TPSA) is 91.0 Å². The zero-order valence-corrected chi connectivity index (χ0v) is 10.5. The number of aromatic nitrogens is 3. The highest BCUT2D eigenvalue weighted by Gasteiger charge is 2.16. The van der Waals surface area contributed by atoms with E-state index in [9.17, 15) is 8.42 Å². The number of pyridine rings is 1. The van der Waals surface area contributed by atoms with Gasteiger partial charge in [-0.15, -0.1) is 0 Å². The zero-order valence-electron chi connectivity index (χ0n) is 9.72. The van der Waals surface area contributed by atoms with Gasteiger partial charge in [-0.25, -0.2) is 4.98 Å². The van der Waals surface area contributed by atoms with E-state index in [2.05, 4.69) is 19.9 Å². The van der Waals surface area contributed by atoms with Gasteiger partial charge < -0.3 is 0 Å². The maximum Gasteiger partial charge on any atom is 0.302 e. The fourth-order valence-corrected chi connectivity index (χ4v) is 1.88. The second-order valence-electron chi connectivity index (χ2n) is 3.81. The molecule has 2 rings (SSSR count). The van der Waals surface area contributed by atoms with E-state index < -0.39 is 10.2 Å². The Morgan fingerprint density at radius 3 is 2.71 bits per heavy atom. The first-order chi connectivity index (χ1) is 7.90. The van der Waals surface area contributed by atoms with Crippen LogP contribution in [0.25, 0.3) is 11.0 Å². The minimum Gasteiger partial charge on any atom is -0.259 e. The largest absolute Gasteiger partial charge is 0.302 e. The van der Waals surface area contributed by atoms with Crippen molar-refractivity contribution in [3.8, 4) is 0 Å². The van der Waals surface area contributed by atoms with Gasteiger partial charge in [0, 0.05) is 19.8 Å². The van der Waals surface area contributed by atoms with Crippen LogP contribution < -0.4 is 4.72 Å². The fourth-order valence-electron chi connectivity index (χ4n) is 1.29. The monoisotopic (exact) mass is 255 g/mol. The van der Waals surface area contributed by atoms with Crippen LogP contribution in [0, 0.1) is 6.92 Å². The molecule has 92 valence electrons. The first-order valence-electron chi connectivity index (χ1n) is 4.92. The van der Waals surface area contributed by atoms with Gasteiger partial charge in [0.05, 0.1) is 5.39 Å². The molecule has 2 aromatic rings. The highest BCUT2D eigenvalue weighted by Crippen LogP contribution is 2.20. The molecular formula is C9H13N5O2S. The van der Waals surface area contributed by atoms with Crippen LogP contribution in [0.2, 0.25) is 0 Å². The third kappa shape index (κ3) is 2.22. The third-order valence-electron chi connectivity index (χ3n) is 2.27. The van der Waals surface area contributed by atoms with Crippen LogP contribution in [0.1, 0.15) is 5.69 Å². The summed E-state index contributed by atoms with van der Waals surface area (Å²) in [6.07, 6.45) is 0. The smallest absolute Gasteiger partial charge is 0.259 e. The standard InChI is InChI=1S/C9H13N5O2S/c1-6-4-5-7-8(10-6)11-12-9(7)13-17(15,16)14(2)3/h4-5H,1-3H3,(H2,10,11,12,13). The number of anilines is 1. The van der Waals surface area contributed by atoms with Crippen molar-refractivity contribution in [2.24, 2.45) is 0 Å². The van der Waals surface area contributed by atoms with Crippen molar-refractivity contribution in [2.45, 2.75) is 6.92 Å². The number of fused-ring (bicyclic) bond motifs is 1. The summed E-state index contributed by atoms with van der Waals surface area (Å²) in [6.45, 7) is 1.85. The fraction of sp³-hybridized carbons (Fsp3) is 0.333. The van der Waals surface area contributed by atoms with Crippen molar-refractivity contribution < 1.29 is 8.42 Å². The predicted molar refractivity (Wildman–Crippen MR) is 64.9 cm³/mol. The first-order valence-corrected chi connectivity index (χ1v) is 6.36. The van der Waals surface area contributed by atoms with Gasteiger partial charge in [0.15, 0.2) is 11.5 Å². The number of H-pyrrole nitrogens is 1. The van der Waals surface area contributed by atoms with Gasteiger partial charge in [0.1, 0.15) is 0 Å². The summed E-state index contributed by atoms with van der Waals surface area (Å²) in [5.41, 5.74) is 1.39. The maximum absolute atomic E-state index is 11.6. The molecule has 8 heteroatoms. The van der Waals surface area contributed by atoms with Crippen LogP contribution in [0.4, 0.5) is 5.82 Å². The Kier molecular flexibility index (Phi) is 2.76. The Bertz CT molecular complexity index is 646. The van der Waals surface area contributed by atoms with Crippen molar-refractivity contribution in [2.75, 3.05) is 18.8 Å². The van der Waals surface area contributed by atoms with Crippen LogP contribution in [-0.4, -0.2) is 42.0 Å². The van der Waals surface area contributed by atoms with Gasteiger partial charge in [-0.2, -0.15) is 17.8 Å². The summed E-state index contributed by atoms with van der Waals surface area (Å²) in [4.78, 5) is 4.20. The number of nitrogens with zero attached hydrogens (tertiary/aromatic N) is 3. The molecule has 0 unspecified atom stereocenters. The number of rotatable bonds is 3. The predicted octanol–water partition coefficient (Wildman–Crippen LogP) is 0.485. The van der Waals surface area contributed by atoms with Crippen LogP contribution in [0.5, 0.6) is 0 Å². The average Bonchev–Trinajstić information content (AvgIpc) is 2.60. The molecule has 0 bridgehead atoms. The summed E-state index contributed by atoms with van der Waals surface area (Å²) in [5, 5.41) is 7.22. The lowest BCUT2D eigenvalue weighted by Gasteiger charge is -2.11. The van der Waals surface area contributed by atoms with E-state index in [1.807, 2.05) is 6.92 Å². The van der Waals surface area contributed by atoms with Crippen molar-refractivity contribution >= 4 is 27.1 Å². The third-order valence-corrected chi connectivity index (χ3v) is 3.68. The Morgan fingerprint density at radius 1 is 1.35 bits per heavy atom. The number of aromatic amines is 1. The molecule has 0 aliphatic carbocycles. The van der Waals surface area contributed by atoms with Crippen molar-refractivity contribution in [1.82, 2.24) is 19.5 Å². The Balaban J connectivity index is 2.45. The second kappa shape index (κ2) is 3.97. The second-order valence-corrected chi connectivity index (χ2v) is 5.70. The summed E-state index contributed by atoms with van der Waals surface area (Å²) < 4.78 is 26.8. The Hall–Kier alpha value is -1.67. The van der Waals surface area contributed by atoms with E-state index in [-0.39, 0.29) is 5.82 Å². The molecule has 2 N–H and O–H groups in total. The molecule has 0 aliphatic heterocycles. The van der Waals surface area contributed by atoms with Crippen molar-refractivity contribution in [1.29, 1.82) is 0 Å². The van der Waals surface area contributed by atoms with Gasteiger partial charge in [-0.05, 0) is 19.1 Å². The molecule has 0 fully saturated rings. The first kappa shape index (κ1) is 11.8. The Morgan fingerprint density at radius 2 is 2.06 bits per heavy atom. The molecule has 0 atom stereocenters. The summed E-state index contributed by atoms with van der Waals surface area (Å²) in [7, 11) is -0.662. The molecule has 0 amide bonds. The normalized spacial score (nSPS) is 12.2. The Labute approximate surface area is 99.0 Å². The molecule has 0 radical (unpaired) electrons. The zero-order chi connectivity index (χ0) is 12.6. The maximum atomic E-state index is 11.6. The van der Waals surface area contributed by atoms with Crippen LogP contribution in [0.15, 0.2) is 12.1 Å². The van der Waals surface area contributed by atoms with Crippen LogP contribution in [0.3, 0.4) is 0 Å². The molecule has 2 aromatic heterocycles. The highest BCUT2D eigenvalue weighted by atomic mass is 32.2. The number of nitrogens with one attached hydrogen (secondary N) is 2. The lowest BCUT2D eigenvalue weighted by molar-refractivity contribution is 0.526. The van der Waals surface area contributed by atoms with E-state index in [0.29, 0.717) is 11.0 Å². The van der Waals surface area contributed by atoms with E-state index in [4.69, 9.17) is 0 Å². The molecular weight excluding hydrogens is 242 g/mol. The number of hydrogen-bond donors (Lipinski definition) is 2. The van der Waals surface area contributed by atoms with Gasteiger partial charge >= 0.3 is 10.2 Å². The van der Waals surface area contributed by atoms with Crippen LogP contribution in [-0.2, 0) is 10.2 Å². The number of hydrogen-bond acceptors (Lipinski definition) is 4. The van der Waals surface area contributed by atoms with Gasteiger partial charge in [-0.3, -0.25) is 9.82 Å². The number of aryl methyl sites for hydroxylation is 1. The highest BCUT2D eigenvalue weighted by molar-refractivity contribution is 7.90. The lowest BCUT2D eigenvalue weighted by atomic mass is 10.3. The van der Waals surface area contributed by atoms with Gasteiger partial charge in [0.25, 0.3) is 0 Å². The molecule has 7 nitrogen and oxygen atoms in total. The molecule has 17 heavy (non-hydrogen) atoms. The van der Waals surface area contributed by atoms with Gasteiger partial charge in [0.2, 0.25) is 0 Å². The minimum atomic E-state index is -3.55. The molecule has 0 saturated heterocycles. The van der Waals surface area contributed by atoms with Crippen molar-refractivity contribution in [3.05, 3.63) is 17.8 Å². The summed E-state index contributed by atoms with van der Waals surface area (Å²) >= 11 is 0. The summed E-state index contributed by atoms with van der Waals surface area (Å²) in [5.74, 6) is 0.251. The molecule has 0 saturated carbocycles. The minimum absolute atomic E-state index is 0.251. The van der Waals surface area contributed by atoms with E-state index in [0.717, 1.165) is 10.00 Å². The van der Waals surface area contributed by atoms with E-state index in [1.165, 1.54) is 14.1 Å². The SMILES string of the molecule is Cc1ccc2c(NS(=O)(=O)N(C)C)n[nH]c2n1. The average molecular weight is 255 g/mol. The lowest BCUT2D eigenvalue weighted by Crippen LogP contribution is -2.29. The van der Waals surface area contributed by atoms with E-state index >= 15 is 0 Å². The molecule has 0 aliphatic rings. The summed E-state index contributed by atoms with van der Waals surface area (Å²) in [6, 6.07) is 3.57. The van der Waals surface area contributed by atoms with E-state index in [1.54, 1.807) is 12.1 Å². The molecule has 0 aromatic carbocycles. The van der Waals surface area contributed by atoms with Gasteiger partial charge in [-0.1, -0.05) is 0 Å². The van der Waals surface area contributed by atoms with Crippen LogP contribution >= 0.6 is 0 Å². The molecule has 0 spiro atoms.